The summed E-state index contributed by atoms with van der Waals surface area (Å²) in [5.74, 6) is 0.994. The standard InChI is InChI=1S/C30H25N3O4S/c1-22-13-16-26(17-14-22)38(34,35)37-28-18-15-23(19-29(28)36-2)21-31-30-20-27(24-9-5-3-6-10-24)32-33(30)25-11-7-4-8-12-25/h3-21H,1-2H3. The van der Waals surface area contributed by atoms with E-state index >= 15 is 0 Å². The number of aromatic nitrogens is 2. The molecule has 0 amide bonds. The van der Waals surface area contributed by atoms with Gasteiger partial charge in [0.15, 0.2) is 17.3 Å². The van der Waals surface area contributed by atoms with Gasteiger partial charge in [0.1, 0.15) is 4.90 Å². The number of benzene rings is 4. The first-order valence-corrected chi connectivity index (χ1v) is 13.3. The SMILES string of the molecule is COc1cc(C=Nc2cc(-c3ccccc3)nn2-c2ccccc2)ccc1OS(=O)(=O)c1ccc(C)cc1. The lowest BCUT2D eigenvalue weighted by molar-refractivity contribution is 0.390. The van der Waals surface area contributed by atoms with Crippen molar-refractivity contribution in [3.63, 3.8) is 0 Å². The molecular weight excluding hydrogens is 498 g/mol. The molecule has 0 bridgehead atoms. The molecule has 0 saturated carbocycles. The molecule has 0 unspecified atom stereocenters. The predicted octanol–water partition coefficient (Wildman–Crippen LogP) is 6.37. The molecule has 0 atom stereocenters. The van der Waals surface area contributed by atoms with E-state index in [1.165, 1.54) is 19.2 Å². The van der Waals surface area contributed by atoms with Crippen LogP contribution in [0.5, 0.6) is 11.5 Å². The van der Waals surface area contributed by atoms with Gasteiger partial charge < -0.3 is 8.92 Å². The fraction of sp³-hybridized carbons (Fsp3) is 0.0667. The van der Waals surface area contributed by atoms with Crippen LogP contribution in [0.1, 0.15) is 11.1 Å². The third-order valence-electron chi connectivity index (χ3n) is 5.80. The number of nitrogens with zero attached hydrogens (tertiary/aromatic N) is 3. The van der Waals surface area contributed by atoms with Crippen LogP contribution in [0.3, 0.4) is 0 Å². The molecule has 0 N–H and O–H groups in total. The maximum Gasteiger partial charge on any atom is 0.339 e. The number of aliphatic imine (C=N–C) groups is 1. The van der Waals surface area contributed by atoms with Crippen LogP contribution >= 0.6 is 0 Å². The summed E-state index contributed by atoms with van der Waals surface area (Å²) in [7, 11) is -2.56. The van der Waals surface area contributed by atoms with Crippen LogP contribution in [0.25, 0.3) is 16.9 Å². The summed E-state index contributed by atoms with van der Waals surface area (Å²) in [6.45, 7) is 1.88. The molecule has 1 heterocycles. The van der Waals surface area contributed by atoms with Crippen molar-refractivity contribution in [3.8, 4) is 28.4 Å². The summed E-state index contributed by atoms with van der Waals surface area (Å²) in [5, 5.41) is 4.78. The van der Waals surface area contributed by atoms with E-state index in [1.807, 2.05) is 73.7 Å². The highest BCUT2D eigenvalue weighted by Gasteiger charge is 2.19. The molecule has 5 aromatic rings. The Morgan fingerprint density at radius 1 is 0.816 bits per heavy atom. The molecule has 0 radical (unpaired) electrons. The Labute approximate surface area is 221 Å². The van der Waals surface area contributed by atoms with Crippen LogP contribution in [-0.4, -0.2) is 31.5 Å². The summed E-state index contributed by atoms with van der Waals surface area (Å²) < 4.78 is 38.1. The maximum atomic E-state index is 12.8. The number of para-hydroxylation sites is 1. The number of aryl methyl sites for hydroxylation is 1. The fourth-order valence-corrected chi connectivity index (χ4v) is 4.76. The molecule has 0 saturated heterocycles. The van der Waals surface area contributed by atoms with Gasteiger partial charge in [0, 0.05) is 17.8 Å². The third kappa shape index (κ3) is 5.50. The lowest BCUT2D eigenvalue weighted by Gasteiger charge is -2.11. The highest BCUT2D eigenvalue weighted by Crippen LogP contribution is 2.31. The van der Waals surface area contributed by atoms with E-state index in [2.05, 4.69) is 0 Å². The van der Waals surface area contributed by atoms with Gasteiger partial charge in [0.05, 0.1) is 18.5 Å². The molecule has 190 valence electrons. The van der Waals surface area contributed by atoms with E-state index in [0.717, 1.165) is 22.5 Å². The van der Waals surface area contributed by atoms with Crippen LogP contribution in [0.2, 0.25) is 0 Å². The van der Waals surface area contributed by atoms with E-state index in [9.17, 15) is 8.42 Å². The van der Waals surface area contributed by atoms with Gasteiger partial charge in [-0.25, -0.2) is 9.67 Å². The molecule has 0 fully saturated rings. The zero-order valence-electron chi connectivity index (χ0n) is 20.9. The second kappa shape index (κ2) is 10.7. The smallest absolute Gasteiger partial charge is 0.339 e. The molecule has 0 spiro atoms. The fourth-order valence-electron chi connectivity index (χ4n) is 3.82. The molecule has 5 rings (SSSR count). The van der Waals surface area contributed by atoms with Crippen LogP contribution in [-0.2, 0) is 10.1 Å². The van der Waals surface area contributed by atoms with Gasteiger partial charge in [0.2, 0.25) is 0 Å². The first kappa shape index (κ1) is 25.0. The van der Waals surface area contributed by atoms with E-state index in [-0.39, 0.29) is 16.4 Å². The normalized spacial score (nSPS) is 11.5. The zero-order valence-corrected chi connectivity index (χ0v) is 21.7. The molecule has 0 aliphatic rings. The van der Waals surface area contributed by atoms with Crippen molar-refractivity contribution in [1.82, 2.24) is 9.78 Å². The van der Waals surface area contributed by atoms with Crippen molar-refractivity contribution in [2.45, 2.75) is 11.8 Å². The van der Waals surface area contributed by atoms with Crippen molar-refractivity contribution in [2.75, 3.05) is 7.11 Å². The summed E-state index contributed by atoms with van der Waals surface area (Å²) in [5.41, 5.74) is 4.31. The average Bonchev–Trinajstić information content (AvgIpc) is 3.38. The van der Waals surface area contributed by atoms with E-state index in [1.54, 1.807) is 41.2 Å². The molecule has 0 aliphatic heterocycles. The van der Waals surface area contributed by atoms with Crippen LogP contribution in [0, 0.1) is 6.92 Å². The Hall–Kier alpha value is -4.69. The van der Waals surface area contributed by atoms with E-state index in [0.29, 0.717) is 11.4 Å². The molecule has 4 aromatic carbocycles. The first-order valence-electron chi connectivity index (χ1n) is 11.9. The molecule has 38 heavy (non-hydrogen) atoms. The number of hydrogen-bond acceptors (Lipinski definition) is 6. The second-order valence-electron chi connectivity index (χ2n) is 8.52. The largest absolute Gasteiger partial charge is 0.493 e. The van der Waals surface area contributed by atoms with Gasteiger partial charge in [-0.05, 0) is 55.0 Å². The lowest BCUT2D eigenvalue weighted by Crippen LogP contribution is -2.10. The minimum atomic E-state index is -4.02. The number of ether oxygens (including phenoxy) is 1. The Kier molecular flexibility index (Phi) is 7.06. The zero-order chi connectivity index (χ0) is 26.5. The van der Waals surface area contributed by atoms with Crippen LogP contribution in [0.15, 0.2) is 119 Å². The van der Waals surface area contributed by atoms with Gasteiger partial charge >= 0.3 is 10.1 Å². The summed E-state index contributed by atoms with van der Waals surface area (Å²) >= 11 is 0. The molecular formula is C30H25N3O4S. The highest BCUT2D eigenvalue weighted by molar-refractivity contribution is 7.87. The van der Waals surface area contributed by atoms with E-state index in [4.69, 9.17) is 19.0 Å². The number of hydrogen-bond donors (Lipinski definition) is 0. The second-order valence-corrected chi connectivity index (χ2v) is 10.1. The monoisotopic (exact) mass is 523 g/mol. The van der Waals surface area contributed by atoms with Gasteiger partial charge in [-0.1, -0.05) is 66.2 Å². The Morgan fingerprint density at radius 3 is 2.18 bits per heavy atom. The maximum absolute atomic E-state index is 12.8. The molecule has 0 aliphatic carbocycles. The van der Waals surface area contributed by atoms with Crippen molar-refractivity contribution < 1.29 is 17.3 Å². The van der Waals surface area contributed by atoms with Crippen molar-refractivity contribution in [2.24, 2.45) is 4.99 Å². The van der Waals surface area contributed by atoms with Gasteiger partial charge in [0.25, 0.3) is 0 Å². The minimum absolute atomic E-state index is 0.0687. The number of rotatable bonds is 8. The summed E-state index contributed by atoms with van der Waals surface area (Å²) in [4.78, 5) is 4.76. The van der Waals surface area contributed by atoms with Gasteiger partial charge in [-0.3, -0.25) is 0 Å². The molecule has 7 nitrogen and oxygen atoms in total. The average molecular weight is 524 g/mol. The van der Waals surface area contributed by atoms with Crippen LogP contribution in [0.4, 0.5) is 5.82 Å². The minimum Gasteiger partial charge on any atom is -0.493 e. The quantitative estimate of drug-likeness (QED) is 0.174. The Bertz CT molecular complexity index is 1680. The summed E-state index contributed by atoms with van der Waals surface area (Å²) in [6.07, 6.45) is 1.67. The Morgan fingerprint density at radius 2 is 1.50 bits per heavy atom. The molecule has 1 aromatic heterocycles. The third-order valence-corrected chi connectivity index (χ3v) is 7.05. The lowest BCUT2D eigenvalue weighted by atomic mass is 10.1. The van der Waals surface area contributed by atoms with Gasteiger partial charge in [-0.15, -0.1) is 0 Å². The predicted molar refractivity (Wildman–Crippen MR) is 148 cm³/mol. The highest BCUT2D eigenvalue weighted by atomic mass is 32.2. The number of methoxy groups -OCH3 is 1. The first-order chi connectivity index (χ1) is 18.4. The van der Waals surface area contributed by atoms with E-state index < -0.39 is 10.1 Å². The van der Waals surface area contributed by atoms with Gasteiger partial charge in [-0.2, -0.15) is 13.5 Å². The molecule has 8 heteroatoms. The summed E-state index contributed by atoms with van der Waals surface area (Å²) in [6, 6.07) is 33.0. The van der Waals surface area contributed by atoms with Crippen molar-refractivity contribution >= 4 is 22.2 Å². The van der Waals surface area contributed by atoms with Crippen molar-refractivity contribution in [3.05, 3.63) is 120 Å². The topological polar surface area (TPSA) is 82.8 Å². The Balaban J connectivity index is 1.45. The van der Waals surface area contributed by atoms with Crippen molar-refractivity contribution in [1.29, 1.82) is 0 Å². The van der Waals surface area contributed by atoms with Crippen LogP contribution < -0.4 is 8.92 Å².